The van der Waals surface area contributed by atoms with E-state index in [9.17, 15) is 8.42 Å². The predicted molar refractivity (Wildman–Crippen MR) is 85.4 cm³/mol. The third-order valence-electron chi connectivity index (χ3n) is 3.87. The van der Waals surface area contributed by atoms with Crippen molar-refractivity contribution in [2.45, 2.75) is 17.7 Å². The summed E-state index contributed by atoms with van der Waals surface area (Å²) in [6.45, 7) is 2.29. The number of anilines is 1. The van der Waals surface area contributed by atoms with Crippen LogP contribution in [0.3, 0.4) is 0 Å². The molecule has 7 heteroatoms. The number of benzene rings is 1. The molecule has 0 spiro atoms. The van der Waals surface area contributed by atoms with Gasteiger partial charge in [0.1, 0.15) is 4.90 Å². The molecule has 6 nitrogen and oxygen atoms in total. The van der Waals surface area contributed by atoms with Crippen LogP contribution < -0.4 is 9.62 Å². The van der Waals surface area contributed by atoms with Crippen LogP contribution in [0, 0.1) is 0 Å². The maximum atomic E-state index is 12.1. The van der Waals surface area contributed by atoms with Crippen molar-refractivity contribution in [3.63, 3.8) is 0 Å². The first kappa shape index (κ1) is 15.1. The number of sulfonamides is 1. The summed E-state index contributed by atoms with van der Waals surface area (Å²) in [4.78, 5) is 2.52. The van der Waals surface area contributed by atoms with Crippen molar-refractivity contribution in [1.82, 2.24) is 14.5 Å². The summed E-state index contributed by atoms with van der Waals surface area (Å²) in [6.07, 6.45) is 4.70. The SMILES string of the molecule is Cn1cc(S(=O)(=O)NCCCN2CCc3ccccc32)cn1. The highest BCUT2D eigenvalue weighted by atomic mass is 32.2. The van der Waals surface area contributed by atoms with E-state index < -0.39 is 10.0 Å². The summed E-state index contributed by atoms with van der Waals surface area (Å²) in [5.74, 6) is 0. The Balaban J connectivity index is 1.50. The molecule has 1 aromatic heterocycles. The van der Waals surface area contributed by atoms with Gasteiger partial charge >= 0.3 is 0 Å². The van der Waals surface area contributed by atoms with E-state index in [-0.39, 0.29) is 4.90 Å². The Morgan fingerprint density at radius 2 is 2.14 bits per heavy atom. The molecule has 0 atom stereocenters. The van der Waals surface area contributed by atoms with Gasteiger partial charge in [0, 0.05) is 38.6 Å². The average molecular weight is 320 g/mol. The molecule has 0 fully saturated rings. The summed E-state index contributed by atoms with van der Waals surface area (Å²) in [7, 11) is -1.75. The van der Waals surface area contributed by atoms with Crippen LogP contribution in [0.15, 0.2) is 41.6 Å². The van der Waals surface area contributed by atoms with E-state index in [4.69, 9.17) is 0 Å². The van der Waals surface area contributed by atoms with E-state index in [1.54, 1.807) is 7.05 Å². The number of aryl methyl sites for hydroxylation is 1. The van der Waals surface area contributed by atoms with Crippen LogP contribution in [0.5, 0.6) is 0 Å². The molecule has 0 unspecified atom stereocenters. The van der Waals surface area contributed by atoms with Crippen molar-refractivity contribution < 1.29 is 8.42 Å². The molecule has 2 aromatic rings. The molecule has 0 saturated heterocycles. The van der Waals surface area contributed by atoms with E-state index in [1.165, 1.54) is 28.3 Å². The molecule has 3 rings (SSSR count). The first-order chi connectivity index (χ1) is 10.6. The Labute approximate surface area is 130 Å². The minimum Gasteiger partial charge on any atom is -0.371 e. The molecule has 1 aromatic carbocycles. The number of para-hydroxylation sites is 1. The lowest BCUT2D eigenvalue weighted by molar-refractivity contribution is 0.578. The molecule has 0 bridgehead atoms. The van der Waals surface area contributed by atoms with Crippen molar-refractivity contribution in [2.75, 3.05) is 24.5 Å². The van der Waals surface area contributed by atoms with Crippen LogP contribution in [0.2, 0.25) is 0 Å². The van der Waals surface area contributed by atoms with Gasteiger partial charge in [0.25, 0.3) is 0 Å². The zero-order valence-electron chi connectivity index (χ0n) is 12.6. The van der Waals surface area contributed by atoms with Crippen LogP contribution in [0.4, 0.5) is 5.69 Å². The van der Waals surface area contributed by atoms with E-state index in [0.717, 1.165) is 25.9 Å². The van der Waals surface area contributed by atoms with Crippen LogP contribution in [-0.2, 0) is 23.5 Å². The molecule has 2 heterocycles. The van der Waals surface area contributed by atoms with Crippen LogP contribution >= 0.6 is 0 Å². The number of nitrogens with zero attached hydrogens (tertiary/aromatic N) is 3. The van der Waals surface area contributed by atoms with Gasteiger partial charge in [-0.2, -0.15) is 5.10 Å². The fourth-order valence-electron chi connectivity index (χ4n) is 2.74. The summed E-state index contributed by atoms with van der Waals surface area (Å²) >= 11 is 0. The highest BCUT2D eigenvalue weighted by molar-refractivity contribution is 7.89. The molecular formula is C15H20N4O2S. The lowest BCUT2D eigenvalue weighted by atomic mass is 10.2. The quantitative estimate of drug-likeness (QED) is 0.811. The fraction of sp³-hybridized carbons (Fsp3) is 0.400. The van der Waals surface area contributed by atoms with Crippen molar-refractivity contribution in [3.05, 3.63) is 42.2 Å². The fourth-order valence-corrected chi connectivity index (χ4v) is 3.79. The van der Waals surface area contributed by atoms with E-state index in [1.807, 2.05) is 6.07 Å². The highest BCUT2D eigenvalue weighted by Crippen LogP contribution is 2.27. The van der Waals surface area contributed by atoms with Crippen molar-refractivity contribution >= 4 is 15.7 Å². The minimum atomic E-state index is -3.45. The second-order valence-corrected chi connectivity index (χ2v) is 7.23. The Bertz CT molecular complexity index is 754. The van der Waals surface area contributed by atoms with Gasteiger partial charge in [0.05, 0.1) is 6.20 Å². The molecule has 0 aliphatic carbocycles. The summed E-state index contributed by atoms with van der Waals surface area (Å²) < 4.78 is 28.2. The van der Waals surface area contributed by atoms with Gasteiger partial charge in [-0.05, 0) is 24.5 Å². The van der Waals surface area contributed by atoms with Gasteiger partial charge in [0.2, 0.25) is 10.0 Å². The molecule has 0 saturated carbocycles. The highest BCUT2D eigenvalue weighted by Gasteiger charge is 2.18. The normalized spacial score (nSPS) is 14.3. The number of hydrogen-bond acceptors (Lipinski definition) is 4. The van der Waals surface area contributed by atoms with Gasteiger partial charge in [-0.3, -0.25) is 4.68 Å². The molecule has 1 aliphatic rings. The average Bonchev–Trinajstić information content (AvgIpc) is 3.11. The summed E-state index contributed by atoms with van der Waals surface area (Å²) in [6, 6.07) is 8.38. The number of fused-ring (bicyclic) bond motifs is 1. The number of nitrogens with one attached hydrogen (secondary N) is 1. The lowest BCUT2D eigenvalue weighted by Gasteiger charge is -2.19. The zero-order valence-corrected chi connectivity index (χ0v) is 13.4. The van der Waals surface area contributed by atoms with Crippen molar-refractivity contribution in [2.24, 2.45) is 7.05 Å². The largest absolute Gasteiger partial charge is 0.371 e. The lowest BCUT2D eigenvalue weighted by Crippen LogP contribution is -2.29. The number of rotatable bonds is 6. The standard InChI is InChI=1S/C15H20N4O2S/c1-18-12-14(11-16-18)22(20,21)17-8-4-9-19-10-7-13-5-2-3-6-15(13)19/h2-3,5-6,11-12,17H,4,7-10H2,1H3. The molecule has 1 aliphatic heterocycles. The Kier molecular flexibility index (Phi) is 4.17. The number of hydrogen-bond donors (Lipinski definition) is 1. The maximum absolute atomic E-state index is 12.1. The second-order valence-electron chi connectivity index (χ2n) is 5.47. The van der Waals surface area contributed by atoms with Gasteiger partial charge in [0.15, 0.2) is 0 Å². The van der Waals surface area contributed by atoms with Gasteiger partial charge in [-0.1, -0.05) is 18.2 Å². The summed E-state index contributed by atoms with van der Waals surface area (Å²) in [5, 5.41) is 3.89. The van der Waals surface area contributed by atoms with Crippen LogP contribution in [0.25, 0.3) is 0 Å². The molecule has 1 N–H and O–H groups in total. The molecule has 0 radical (unpaired) electrons. The Morgan fingerprint density at radius 3 is 2.91 bits per heavy atom. The van der Waals surface area contributed by atoms with Crippen molar-refractivity contribution in [1.29, 1.82) is 0 Å². The van der Waals surface area contributed by atoms with Gasteiger partial charge in [-0.15, -0.1) is 0 Å². The molecular weight excluding hydrogens is 300 g/mol. The Morgan fingerprint density at radius 1 is 1.32 bits per heavy atom. The monoisotopic (exact) mass is 320 g/mol. The third kappa shape index (κ3) is 3.15. The smallest absolute Gasteiger partial charge is 0.243 e. The van der Waals surface area contributed by atoms with Gasteiger partial charge < -0.3 is 4.90 Å². The first-order valence-corrected chi connectivity index (χ1v) is 8.86. The van der Waals surface area contributed by atoms with E-state index in [2.05, 4.69) is 32.9 Å². The molecule has 22 heavy (non-hydrogen) atoms. The number of aromatic nitrogens is 2. The summed E-state index contributed by atoms with van der Waals surface area (Å²) in [5.41, 5.74) is 2.65. The predicted octanol–water partition coefficient (Wildman–Crippen LogP) is 1.15. The first-order valence-electron chi connectivity index (χ1n) is 7.37. The van der Waals surface area contributed by atoms with Gasteiger partial charge in [-0.25, -0.2) is 13.1 Å². The minimum absolute atomic E-state index is 0.210. The van der Waals surface area contributed by atoms with E-state index >= 15 is 0 Å². The molecule has 118 valence electrons. The topological polar surface area (TPSA) is 67.2 Å². The van der Waals surface area contributed by atoms with Crippen LogP contribution in [-0.4, -0.2) is 37.8 Å². The third-order valence-corrected chi connectivity index (χ3v) is 5.29. The Hall–Kier alpha value is -1.86. The maximum Gasteiger partial charge on any atom is 0.243 e. The van der Waals surface area contributed by atoms with Crippen LogP contribution in [0.1, 0.15) is 12.0 Å². The molecule has 0 amide bonds. The van der Waals surface area contributed by atoms with Crippen molar-refractivity contribution in [3.8, 4) is 0 Å². The van der Waals surface area contributed by atoms with E-state index in [0.29, 0.717) is 6.54 Å². The zero-order chi connectivity index (χ0) is 15.6. The second kappa shape index (κ2) is 6.10.